The highest BCUT2D eigenvalue weighted by Gasteiger charge is 2.22. The molecule has 9 heteroatoms. The molecule has 0 amide bonds. The van der Waals surface area contributed by atoms with Crippen molar-refractivity contribution in [3.63, 3.8) is 0 Å². The molecule has 0 saturated carbocycles. The van der Waals surface area contributed by atoms with Crippen molar-refractivity contribution in [2.24, 2.45) is 0 Å². The number of fused-ring (bicyclic) bond motifs is 1. The van der Waals surface area contributed by atoms with Crippen LogP contribution in [0.25, 0.3) is 28.2 Å². The maximum Gasteiger partial charge on any atom is 0.439 e. The third kappa shape index (κ3) is 5.47. The Balaban J connectivity index is 0.00000337. The van der Waals surface area contributed by atoms with Crippen LogP contribution in [0.1, 0.15) is 48.5 Å². The van der Waals surface area contributed by atoms with E-state index in [0.717, 1.165) is 64.2 Å². The van der Waals surface area contributed by atoms with Gasteiger partial charge in [-0.1, -0.05) is 67.0 Å². The van der Waals surface area contributed by atoms with Gasteiger partial charge in [0.15, 0.2) is 5.82 Å². The van der Waals surface area contributed by atoms with E-state index in [0.29, 0.717) is 23.6 Å². The highest BCUT2D eigenvalue weighted by Crippen LogP contribution is 2.32. The molecular formula is C32H31ClN4O4. The molecule has 1 atom stereocenters. The van der Waals surface area contributed by atoms with Gasteiger partial charge in [-0.05, 0) is 60.7 Å². The first-order chi connectivity index (χ1) is 19.4. The van der Waals surface area contributed by atoms with E-state index in [9.17, 15) is 9.59 Å². The first kappa shape index (κ1) is 28.1. The quantitative estimate of drug-likeness (QED) is 0.264. The van der Waals surface area contributed by atoms with Crippen LogP contribution in [0.3, 0.4) is 0 Å². The molecule has 5 aromatic rings. The summed E-state index contributed by atoms with van der Waals surface area (Å²) in [6, 6.07) is 21.7. The third-order valence-corrected chi connectivity index (χ3v) is 7.32. The lowest BCUT2D eigenvalue weighted by Crippen LogP contribution is -2.28. The molecule has 0 radical (unpaired) electrons. The Bertz CT molecular complexity index is 1820. The largest absolute Gasteiger partial charge is 0.490 e. The van der Waals surface area contributed by atoms with E-state index in [4.69, 9.17) is 14.2 Å². The Labute approximate surface area is 243 Å². The lowest BCUT2D eigenvalue weighted by atomic mass is 9.96. The summed E-state index contributed by atoms with van der Waals surface area (Å²) < 4.78 is 12.3. The van der Waals surface area contributed by atoms with Crippen LogP contribution in [0.2, 0.25) is 0 Å². The number of hydrogen-bond acceptors (Lipinski definition) is 6. The van der Waals surface area contributed by atoms with Gasteiger partial charge in [0.25, 0.3) is 5.56 Å². The summed E-state index contributed by atoms with van der Waals surface area (Å²) >= 11 is 0. The van der Waals surface area contributed by atoms with Crippen LogP contribution in [0.4, 0.5) is 0 Å². The summed E-state index contributed by atoms with van der Waals surface area (Å²) in [6.45, 7) is 6.04. The average Bonchev–Trinajstić information content (AvgIpc) is 3.55. The fraction of sp³-hybridized carbons (Fsp3) is 0.250. The van der Waals surface area contributed by atoms with E-state index in [2.05, 4.69) is 24.0 Å². The van der Waals surface area contributed by atoms with E-state index in [-0.39, 0.29) is 24.1 Å². The minimum atomic E-state index is -0.594. The Morgan fingerprint density at radius 2 is 1.78 bits per heavy atom. The van der Waals surface area contributed by atoms with Crippen molar-refractivity contribution >= 4 is 12.4 Å². The number of benzene rings is 3. The van der Waals surface area contributed by atoms with Crippen LogP contribution in [-0.2, 0) is 19.3 Å². The van der Waals surface area contributed by atoms with E-state index < -0.39 is 5.76 Å². The molecule has 8 nitrogen and oxygen atoms in total. The molecule has 210 valence electrons. The van der Waals surface area contributed by atoms with Gasteiger partial charge in [-0.2, -0.15) is 0 Å². The standard InChI is InChI=1S/C32H30N4O4.ClH/c1-4-7-28-27(31(37)36(20(3)33-28)24-14-15-29-23(18-24)16-19(2)39-29)17-21-10-12-22(13-11-21)25-8-5-6-9-26(25)30-34-32(38)40-35-30;/h5-6,8-15,18-19H,4,7,16-17H2,1-3H3,(H,34,35,38);1H. The molecule has 3 heterocycles. The molecule has 41 heavy (non-hydrogen) atoms. The molecule has 1 unspecified atom stereocenters. The number of rotatable bonds is 7. The molecule has 1 N–H and O–H groups in total. The van der Waals surface area contributed by atoms with Crippen molar-refractivity contribution in [2.75, 3.05) is 0 Å². The smallest absolute Gasteiger partial charge is 0.439 e. The number of nitrogens with zero attached hydrogens (tertiary/aromatic N) is 3. The summed E-state index contributed by atoms with van der Waals surface area (Å²) in [6.07, 6.45) is 3.08. The zero-order valence-electron chi connectivity index (χ0n) is 23.1. The van der Waals surface area contributed by atoms with Crippen LogP contribution < -0.4 is 16.1 Å². The lowest BCUT2D eigenvalue weighted by Gasteiger charge is -2.16. The van der Waals surface area contributed by atoms with Crippen LogP contribution in [-0.4, -0.2) is 25.8 Å². The van der Waals surface area contributed by atoms with Gasteiger partial charge in [0.05, 0.1) is 11.4 Å². The molecule has 0 aliphatic carbocycles. The Hall–Kier alpha value is -4.43. The minimum Gasteiger partial charge on any atom is -0.490 e. The maximum atomic E-state index is 14.0. The van der Waals surface area contributed by atoms with Gasteiger partial charge in [-0.25, -0.2) is 9.78 Å². The molecule has 0 spiro atoms. The second-order valence-electron chi connectivity index (χ2n) is 10.3. The number of aromatic nitrogens is 4. The minimum absolute atomic E-state index is 0. The average molecular weight is 571 g/mol. The molecule has 0 saturated heterocycles. The highest BCUT2D eigenvalue weighted by molar-refractivity contribution is 5.85. The summed E-state index contributed by atoms with van der Waals surface area (Å²) in [5.41, 5.74) is 7.12. The van der Waals surface area contributed by atoms with Gasteiger partial charge in [0, 0.05) is 24.0 Å². The van der Waals surface area contributed by atoms with Crippen molar-refractivity contribution in [1.82, 2.24) is 19.7 Å². The molecule has 0 bridgehead atoms. The van der Waals surface area contributed by atoms with Crippen molar-refractivity contribution in [3.05, 3.63) is 116 Å². The fourth-order valence-corrected chi connectivity index (χ4v) is 5.48. The highest BCUT2D eigenvalue weighted by atomic mass is 35.5. The van der Waals surface area contributed by atoms with Gasteiger partial charge in [0.2, 0.25) is 0 Å². The van der Waals surface area contributed by atoms with E-state index in [1.165, 1.54) is 0 Å². The fourth-order valence-electron chi connectivity index (χ4n) is 5.48. The van der Waals surface area contributed by atoms with Crippen molar-refractivity contribution in [1.29, 1.82) is 0 Å². The predicted octanol–water partition coefficient (Wildman–Crippen LogP) is 5.84. The summed E-state index contributed by atoms with van der Waals surface area (Å²) in [5.74, 6) is 1.35. The summed E-state index contributed by atoms with van der Waals surface area (Å²) in [4.78, 5) is 33.0. The first-order valence-corrected chi connectivity index (χ1v) is 13.6. The van der Waals surface area contributed by atoms with E-state index in [1.807, 2.05) is 73.7 Å². The first-order valence-electron chi connectivity index (χ1n) is 13.6. The number of ether oxygens (including phenoxy) is 1. The predicted molar refractivity (Wildman–Crippen MR) is 160 cm³/mol. The summed E-state index contributed by atoms with van der Waals surface area (Å²) in [5, 5.41) is 3.85. The number of halogens is 1. The van der Waals surface area contributed by atoms with Crippen LogP contribution in [0.15, 0.2) is 80.8 Å². The van der Waals surface area contributed by atoms with Crippen molar-refractivity contribution in [2.45, 2.75) is 52.6 Å². The Morgan fingerprint density at radius 1 is 1.02 bits per heavy atom. The van der Waals surface area contributed by atoms with Gasteiger partial charge in [-0.15, -0.1) is 12.4 Å². The lowest BCUT2D eigenvalue weighted by molar-refractivity contribution is 0.254. The Morgan fingerprint density at radius 3 is 2.49 bits per heavy atom. The van der Waals surface area contributed by atoms with E-state index >= 15 is 0 Å². The number of aromatic amines is 1. The van der Waals surface area contributed by atoms with Crippen LogP contribution in [0, 0.1) is 6.92 Å². The topological polar surface area (TPSA) is 103 Å². The molecule has 6 rings (SSSR count). The SMILES string of the molecule is CCCc1nc(C)n(-c2ccc3c(c2)CC(C)O3)c(=O)c1Cc1ccc(-c2ccccc2-c2noc(=O)[nH]2)cc1.Cl. The number of aryl methyl sites for hydroxylation is 2. The van der Waals surface area contributed by atoms with Crippen molar-refractivity contribution < 1.29 is 9.26 Å². The molecule has 2 aromatic heterocycles. The maximum absolute atomic E-state index is 14.0. The molecular weight excluding hydrogens is 540 g/mol. The molecule has 0 fully saturated rings. The zero-order valence-corrected chi connectivity index (χ0v) is 24.0. The third-order valence-electron chi connectivity index (χ3n) is 7.32. The van der Waals surface area contributed by atoms with Gasteiger partial charge >= 0.3 is 5.76 Å². The van der Waals surface area contributed by atoms with E-state index in [1.54, 1.807) is 4.57 Å². The van der Waals surface area contributed by atoms with Crippen molar-refractivity contribution in [3.8, 4) is 34.0 Å². The van der Waals surface area contributed by atoms with Gasteiger partial charge in [-0.3, -0.25) is 18.9 Å². The molecule has 1 aliphatic rings. The zero-order chi connectivity index (χ0) is 27.8. The van der Waals surface area contributed by atoms with Crippen LogP contribution >= 0.6 is 12.4 Å². The number of hydrogen-bond donors (Lipinski definition) is 1. The monoisotopic (exact) mass is 570 g/mol. The second-order valence-corrected chi connectivity index (χ2v) is 10.3. The second kappa shape index (κ2) is 11.6. The normalized spacial score (nSPS) is 13.9. The molecule has 3 aromatic carbocycles. The molecule has 1 aliphatic heterocycles. The van der Waals surface area contributed by atoms with Gasteiger partial charge in [0.1, 0.15) is 17.7 Å². The Kier molecular flexibility index (Phi) is 7.94. The van der Waals surface area contributed by atoms with Gasteiger partial charge < -0.3 is 4.74 Å². The van der Waals surface area contributed by atoms with Crippen LogP contribution in [0.5, 0.6) is 5.75 Å². The number of nitrogens with one attached hydrogen (secondary N) is 1. The summed E-state index contributed by atoms with van der Waals surface area (Å²) in [7, 11) is 0. The number of H-pyrrole nitrogens is 1.